The summed E-state index contributed by atoms with van der Waals surface area (Å²) in [5, 5.41) is 4.36. The molecule has 2 nitrogen and oxygen atoms in total. The summed E-state index contributed by atoms with van der Waals surface area (Å²) < 4.78 is 0. The van der Waals surface area contributed by atoms with Crippen molar-refractivity contribution < 1.29 is 0 Å². The summed E-state index contributed by atoms with van der Waals surface area (Å²) in [5.74, 6) is 0. The van der Waals surface area contributed by atoms with E-state index in [1.807, 2.05) is 0 Å². The van der Waals surface area contributed by atoms with Crippen LogP contribution < -0.4 is 5.32 Å². The van der Waals surface area contributed by atoms with E-state index in [4.69, 9.17) is 0 Å². The first-order valence-corrected chi connectivity index (χ1v) is 6.93. The highest BCUT2D eigenvalue weighted by Crippen LogP contribution is 2.38. The van der Waals surface area contributed by atoms with Crippen molar-refractivity contribution in [1.29, 1.82) is 0 Å². The maximum atomic E-state index is 4.66. The van der Waals surface area contributed by atoms with Gasteiger partial charge >= 0.3 is 0 Å². The van der Waals surface area contributed by atoms with Crippen LogP contribution in [0.1, 0.15) is 30.5 Å². The van der Waals surface area contributed by atoms with Crippen molar-refractivity contribution in [2.45, 2.75) is 40.2 Å². The molecule has 3 heteroatoms. The van der Waals surface area contributed by atoms with Gasteiger partial charge in [-0.3, -0.25) is 4.99 Å². The van der Waals surface area contributed by atoms with Gasteiger partial charge in [0.15, 0.2) is 5.17 Å². The summed E-state index contributed by atoms with van der Waals surface area (Å²) in [5.41, 5.74) is 4.83. The minimum atomic E-state index is -0.166. The summed E-state index contributed by atoms with van der Waals surface area (Å²) in [4.78, 5) is 5.75. The van der Waals surface area contributed by atoms with Crippen molar-refractivity contribution in [2.24, 2.45) is 4.99 Å². The average Bonchev–Trinajstić information content (AvgIpc) is 2.49. The first-order chi connectivity index (χ1) is 8.29. The number of aryl methyl sites for hydroxylation is 3. The van der Waals surface area contributed by atoms with E-state index in [1.54, 1.807) is 11.8 Å². The maximum absolute atomic E-state index is 4.66. The van der Waals surface area contributed by atoms with Crippen molar-refractivity contribution in [2.75, 3.05) is 5.32 Å². The van der Waals surface area contributed by atoms with Crippen LogP contribution in [0, 0.1) is 20.8 Å². The molecule has 1 aromatic rings. The van der Waals surface area contributed by atoms with E-state index in [-0.39, 0.29) is 5.54 Å². The zero-order valence-corrected chi connectivity index (χ0v) is 12.5. The Morgan fingerprint density at radius 2 is 1.72 bits per heavy atom. The van der Waals surface area contributed by atoms with Gasteiger partial charge < -0.3 is 5.32 Å². The third-order valence-corrected chi connectivity index (χ3v) is 4.50. The highest BCUT2D eigenvalue weighted by atomic mass is 32.2. The molecule has 1 aromatic carbocycles. The van der Waals surface area contributed by atoms with E-state index >= 15 is 0 Å². The number of amidine groups is 1. The van der Waals surface area contributed by atoms with Gasteiger partial charge in [0.25, 0.3) is 0 Å². The molecule has 0 saturated carbocycles. The molecular formula is C15H20N2S. The molecule has 0 atom stereocenters. The summed E-state index contributed by atoms with van der Waals surface area (Å²) in [7, 11) is 0. The molecule has 0 fully saturated rings. The van der Waals surface area contributed by atoms with Crippen molar-refractivity contribution >= 4 is 22.6 Å². The van der Waals surface area contributed by atoms with Crippen molar-refractivity contribution in [3.63, 3.8) is 0 Å². The summed E-state index contributed by atoms with van der Waals surface area (Å²) in [6.45, 7) is 14.6. The highest BCUT2D eigenvalue weighted by molar-refractivity contribution is 8.17. The molecule has 0 aliphatic carbocycles. The fourth-order valence-corrected chi connectivity index (χ4v) is 2.81. The lowest BCUT2D eigenvalue weighted by atomic mass is 10.1. The second-order valence-corrected chi connectivity index (χ2v) is 6.46. The van der Waals surface area contributed by atoms with Crippen molar-refractivity contribution in [1.82, 2.24) is 0 Å². The quantitative estimate of drug-likeness (QED) is 0.808. The van der Waals surface area contributed by atoms with Crippen LogP contribution in [-0.2, 0) is 0 Å². The lowest BCUT2D eigenvalue weighted by Gasteiger charge is -2.12. The Morgan fingerprint density at radius 1 is 1.11 bits per heavy atom. The van der Waals surface area contributed by atoms with Gasteiger partial charge in [-0.25, -0.2) is 0 Å². The van der Waals surface area contributed by atoms with E-state index in [2.05, 4.69) is 63.6 Å². The number of nitrogens with zero attached hydrogens (tertiary/aromatic N) is 1. The van der Waals surface area contributed by atoms with E-state index < -0.39 is 0 Å². The van der Waals surface area contributed by atoms with Crippen LogP contribution in [0.2, 0.25) is 0 Å². The van der Waals surface area contributed by atoms with Crippen LogP contribution in [0.5, 0.6) is 0 Å². The smallest absolute Gasteiger partial charge is 0.166 e. The predicted octanol–water partition coefficient (Wildman–Crippen LogP) is 4.42. The molecule has 0 amide bonds. The number of thioether (sulfide) groups is 1. The summed E-state index contributed by atoms with van der Waals surface area (Å²) in [6, 6.07) is 4.39. The van der Waals surface area contributed by atoms with Gasteiger partial charge in [0.05, 0.1) is 5.54 Å². The van der Waals surface area contributed by atoms with E-state index in [0.29, 0.717) is 0 Å². The van der Waals surface area contributed by atoms with Crippen LogP contribution in [0.25, 0.3) is 0 Å². The molecule has 0 radical (unpaired) electrons. The van der Waals surface area contributed by atoms with Gasteiger partial charge in [0.2, 0.25) is 0 Å². The zero-order chi connectivity index (χ0) is 13.5. The minimum absolute atomic E-state index is 0.166. The molecule has 96 valence electrons. The Morgan fingerprint density at radius 3 is 2.28 bits per heavy atom. The van der Waals surface area contributed by atoms with Crippen LogP contribution in [0.4, 0.5) is 5.69 Å². The van der Waals surface area contributed by atoms with Crippen molar-refractivity contribution in [3.8, 4) is 0 Å². The minimum Gasteiger partial charge on any atom is -0.334 e. The Bertz CT molecular complexity index is 542. The molecule has 0 aromatic heterocycles. The molecule has 1 heterocycles. The normalized spacial score (nSPS) is 17.8. The fourth-order valence-electron chi connectivity index (χ4n) is 1.84. The van der Waals surface area contributed by atoms with Gasteiger partial charge in [0, 0.05) is 10.6 Å². The molecular weight excluding hydrogens is 240 g/mol. The first kappa shape index (κ1) is 13.2. The molecule has 1 aliphatic rings. The molecule has 2 rings (SSSR count). The monoisotopic (exact) mass is 260 g/mol. The second kappa shape index (κ2) is 4.47. The topological polar surface area (TPSA) is 24.4 Å². The lowest BCUT2D eigenvalue weighted by molar-refractivity contribution is 0.657. The Hall–Kier alpha value is -1.22. The Balaban J connectivity index is 2.26. The third kappa shape index (κ3) is 2.46. The number of rotatable bonds is 1. The van der Waals surface area contributed by atoms with E-state index in [0.717, 1.165) is 15.8 Å². The largest absolute Gasteiger partial charge is 0.334 e. The summed E-state index contributed by atoms with van der Waals surface area (Å²) >= 11 is 1.63. The van der Waals surface area contributed by atoms with Crippen LogP contribution in [0.3, 0.4) is 0 Å². The second-order valence-electron chi connectivity index (χ2n) is 5.38. The number of hydrogen-bond donors (Lipinski definition) is 1. The molecule has 1 aliphatic heterocycles. The van der Waals surface area contributed by atoms with Crippen LogP contribution in [0.15, 0.2) is 28.6 Å². The summed E-state index contributed by atoms with van der Waals surface area (Å²) in [6.07, 6.45) is 0. The van der Waals surface area contributed by atoms with Gasteiger partial charge in [-0.2, -0.15) is 0 Å². The SMILES string of the molecule is C=C1SC(Nc2cc(C)c(C)cc2C)=NC1(C)C. The number of aliphatic imine (C=N–C) groups is 1. The number of hydrogen-bond acceptors (Lipinski definition) is 3. The number of nitrogens with one attached hydrogen (secondary N) is 1. The van der Waals surface area contributed by atoms with Gasteiger partial charge in [0.1, 0.15) is 0 Å². The molecule has 1 N–H and O–H groups in total. The number of anilines is 1. The Labute approximate surface area is 114 Å². The van der Waals surface area contributed by atoms with Crippen LogP contribution in [-0.4, -0.2) is 10.7 Å². The lowest BCUT2D eigenvalue weighted by Crippen LogP contribution is -2.13. The third-order valence-electron chi connectivity index (χ3n) is 3.37. The van der Waals surface area contributed by atoms with Crippen LogP contribution >= 0.6 is 11.8 Å². The van der Waals surface area contributed by atoms with Crippen molar-refractivity contribution in [3.05, 3.63) is 40.3 Å². The predicted molar refractivity (Wildman–Crippen MR) is 82.5 cm³/mol. The Kier molecular flexibility index (Phi) is 3.28. The van der Waals surface area contributed by atoms with Gasteiger partial charge in [-0.1, -0.05) is 24.4 Å². The van der Waals surface area contributed by atoms with E-state index in [1.165, 1.54) is 16.7 Å². The highest BCUT2D eigenvalue weighted by Gasteiger charge is 2.30. The molecule has 0 spiro atoms. The maximum Gasteiger partial charge on any atom is 0.166 e. The molecule has 18 heavy (non-hydrogen) atoms. The molecule has 0 bridgehead atoms. The van der Waals surface area contributed by atoms with Gasteiger partial charge in [-0.05, 0) is 57.4 Å². The van der Waals surface area contributed by atoms with E-state index in [9.17, 15) is 0 Å². The standard InChI is InChI=1S/C15H20N2S/c1-9-7-11(3)13(8-10(9)2)16-14-17-15(5,6)12(4)18-14/h7-8H,4H2,1-3,5-6H3,(H,16,17). The fraction of sp³-hybridized carbons (Fsp3) is 0.400. The zero-order valence-electron chi connectivity index (χ0n) is 11.7. The molecule has 0 saturated heterocycles. The number of benzene rings is 1. The van der Waals surface area contributed by atoms with Gasteiger partial charge in [-0.15, -0.1) is 0 Å². The molecule has 0 unspecified atom stereocenters. The first-order valence-electron chi connectivity index (χ1n) is 6.11. The average molecular weight is 260 g/mol.